The number of methoxy groups -OCH3 is 2. The van der Waals surface area contributed by atoms with Crippen molar-refractivity contribution in [1.82, 2.24) is 0 Å². The standard InChI is InChI=1S/C28H26ClNO6/c1-4-14-36-19-9-7-8-18(16-19)30-25(20-10-5-6-11-22(20)34-2)24(27(32)28(30)33)26(31)21-15-17(29)12-13-23(21)35-3/h5-13,15-16,25,31H,4,14H2,1-3H3/b26-24+. The Morgan fingerprint density at radius 2 is 1.72 bits per heavy atom. The van der Waals surface area contributed by atoms with Crippen LogP contribution in [0.1, 0.15) is 30.5 Å². The third-order valence-electron chi connectivity index (χ3n) is 5.86. The molecule has 0 saturated carbocycles. The van der Waals surface area contributed by atoms with E-state index in [1.165, 1.54) is 25.2 Å². The Hall–Kier alpha value is -3.97. The minimum absolute atomic E-state index is 0.107. The Kier molecular flexibility index (Phi) is 7.50. The van der Waals surface area contributed by atoms with E-state index < -0.39 is 23.5 Å². The molecule has 0 radical (unpaired) electrons. The zero-order valence-corrected chi connectivity index (χ0v) is 20.9. The van der Waals surface area contributed by atoms with Crippen LogP contribution in [-0.4, -0.2) is 37.6 Å². The predicted molar refractivity (Wildman–Crippen MR) is 138 cm³/mol. The van der Waals surface area contributed by atoms with E-state index in [2.05, 4.69) is 0 Å². The quantitative estimate of drug-likeness (QED) is 0.236. The highest BCUT2D eigenvalue weighted by molar-refractivity contribution is 6.51. The van der Waals surface area contributed by atoms with Crippen LogP contribution in [0.2, 0.25) is 5.02 Å². The summed E-state index contributed by atoms with van der Waals surface area (Å²) in [5.74, 6) is -0.712. The molecule has 1 aliphatic heterocycles. The number of ether oxygens (including phenoxy) is 3. The number of carbonyl (C=O) groups excluding carboxylic acids is 2. The monoisotopic (exact) mass is 507 g/mol. The van der Waals surface area contributed by atoms with Crippen molar-refractivity contribution in [3.05, 3.63) is 88.5 Å². The van der Waals surface area contributed by atoms with Crippen LogP contribution in [0.3, 0.4) is 0 Å². The number of hydrogen-bond donors (Lipinski definition) is 1. The first-order chi connectivity index (χ1) is 17.4. The number of benzene rings is 3. The summed E-state index contributed by atoms with van der Waals surface area (Å²) in [6.45, 7) is 2.50. The van der Waals surface area contributed by atoms with E-state index in [0.717, 1.165) is 6.42 Å². The summed E-state index contributed by atoms with van der Waals surface area (Å²) in [5.41, 5.74) is 1.06. The SMILES string of the molecule is CCCOc1cccc(N2C(=O)C(=O)/C(=C(/O)c3cc(Cl)ccc3OC)C2c2ccccc2OC)c1. The van der Waals surface area contributed by atoms with Gasteiger partial charge in [0.2, 0.25) is 0 Å². The number of halogens is 1. The summed E-state index contributed by atoms with van der Waals surface area (Å²) < 4.78 is 16.7. The van der Waals surface area contributed by atoms with Crippen LogP contribution in [0.5, 0.6) is 17.2 Å². The molecule has 3 aromatic carbocycles. The normalized spacial score (nSPS) is 16.8. The van der Waals surface area contributed by atoms with Crippen molar-refractivity contribution in [3.8, 4) is 17.2 Å². The second-order valence-electron chi connectivity index (χ2n) is 8.10. The molecule has 0 spiro atoms. The van der Waals surface area contributed by atoms with Gasteiger partial charge in [-0.15, -0.1) is 0 Å². The molecule has 0 aliphatic carbocycles. The van der Waals surface area contributed by atoms with Crippen molar-refractivity contribution in [2.45, 2.75) is 19.4 Å². The Balaban J connectivity index is 1.97. The van der Waals surface area contributed by atoms with E-state index >= 15 is 0 Å². The van der Waals surface area contributed by atoms with Crippen molar-refractivity contribution in [2.24, 2.45) is 0 Å². The van der Waals surface area contributed by atoms with Gasteiger partial charge in [0.25, 0.3) is 11.7 Å². The zero-order valence-electron chi connectivity index (χ0n) is 20.2. The van der Waals surface area contributed by atoms with E-state index in [4.69, 9.17) is 25.8 Å². The van der Waals surface area contributed by atoms with E-state index in [-0.39, 0.29) is 11.1 Å². The van der Waals surface area contributed by atoms with Gasteiger partial charge in [0.15, 0.2) is 0 Å². The van der Waals surface area contributed by atoms with Gasteiger partial charge in [0, 0.05) is 22.3 Å². The van der Waals surface area contributed by atoms with Crippen LogP contribution >= 0.6 is 11.6 Å². The van der Waals surface area contributed by atoms with E-state index in [9.17, 15) is 14.7 Å². The Morgan fingerprint density at radius 1 is 0.972 bits per heavy atom. The molecule has 4 rings (SSSR count). The first-order valence-electron chi connectivity index (χ1n) is 11.4. The van der Waals surface area contributed by atoms with Crippen molar-refractivity contribution in [2.75, 3.05) is 25.7 Å². The molecule has 1 saturated heterocycles. The van der Waals surface area contributed by atoms with Gasteiger partial charge in [-0.25, -0.2) is 0 Å². The average molecular weight is 508 g/mol. The van der Waals surface area contributed by atoms with Gasteiger partial charge in [-0.3, -0.25) is 14.5 Å². The topological polar surface area (TPSA) is 85.3 Å². The summed E-state index contributed by atoms with van der Waals surface area (Å²) in [7, 11) is 2.95. The molecule has 3 aromatic rings. The highest BCUT2D eigenvalue weighted by Crippen LogP contribution is 2.46. The molecule has 0 bridgehead atoms. The van der Waals surface area contributed by atoms with Gasteiger partial charge in [0.1, 0.15) is 23.0 Å². The maximum Gasteiger partial charge on any atom is 0.300 e. The molecular formula is C28H26ClNO6. The predicted octanol–water partition coefficient (Wildman–Crippen LogP) is 5.77. The fraction of sp³-hybridized carbons (Fsp3) is 0.214. The molecule has 7 nitrogen and oxygen atoms in total. The summed E-state index contributed by atoms with van der Waals surface area (Å²) in [6.07, 6.45) is 0.817. The molecule has 1 heterocycles. The fourth-order valence-electron chi connectivity index (χ4n) is 4.24. The van der Waals surface area contributed by atoms with E-state index in [1.54, 1.807) is 60.7 Å². The number of Topliss-reactive ketones (excluding diaryl/α,β-unsaturated/α-hetero) is 1. The molecular weight excluding hydrogens is 482 g/mol. The largest absolute Gasteiger partial charge is 0.507 e. The highest BCUT2D eigenvalue weighted by atomic mass is 35.5. The lowest BCUT2D eigenvalue weighted by Crippen LogP contribution is -2.29. The molecule has 36 heavy (non-hydrogen) atoms. The Bertz CT molecular complexity index is 1340. The summed E-state index contributed by atoms with van der Waals surface area (Å²) in [5, 5.41) is 11.8. The third-order valence-corrected chi connectivity index (χ3v) is 6.10. The number of hydrogen-bond acceptors (Lipinski definition) is 6. The lowest BCUT2D eigenvalue weighted by Gasteiger charge is -2.27. The summed E-state index contributed by atoms with van der Waals surface area (Å²) in [4.78, 5) is 28.3. The minimum atomic E-state index is -0.980. The molecule has 1 atom stereocenters. The highest BCUT2D eigenvalue weighted by Gasteiger charge is 2.48. The van der Waals surface area contributed by atoms with Crippen LogP contribution in [0.15, 0.2) is 72.3 Å². The first kappa shape index (κ1) is 25.1. The van der Waals surface area contributed by atoms with Gasteiger partial charge >= 0.3 is 0 Å². The number of para-hydroxylation sites is 1. The number of aliphatic hydroxyl groups is 1. The molecule has 0 aromatic heterocycles. The number of carbonyl (C=O) groups is 2. The number of aliphatic hydroxyl groups excluding tert-OH is 1. The van der Waals surface area contributed by atoms with E-state index in [0.29, 0.717) is 40.1 Å². The number of nitrogens with zero attached hydrogens (tertiary/aromatic N) is 1. The van der Waals surface area contributed by atoms with Gasteiger partial charge in [-0.2, -0.15) is 0 Å². The molecule has 1 amide bonds. The average Bonchev–Trinajstić information content (AvgIpc) is 3.17. The maximum atomic E-state index is 13.5. The van der Waals surface area contributed by atoms with Gasteiger partial charge in [-0.05, 0) is 42.8 Å². The van der Waals surface area contributed by atoms with Crippen LogP contribution in [0.4, 0.5) is 5.69 Å². The lowest BCUT2D eigenvalue weighted by molar-refractivity contribution is -0.132. The van der Waals surface area contributed by atoms with Crippen LogP contribution in [0.25, 0.3) is 5.76 Å². The van der Waals surface area contributed by atoms with Gasteiger partial charge in [0.05, 0.1) is 38.0 Å². The summed E-state index contributed by atoms with van der Waals surface area (Å²) >= 11 is 6.19. The summed E-state index contributed by atoms with van der Waals surface area (Å²) in [6, 6.07) is 17.7. The number of rotatable bonds is 8. The van der Waals surface area contributed by atoms with Gasteiger partial charge in [-0.1, -0.05) is 42.8 Å². The zero-order chi connectivity index (χ0) is 25.8. The maximum absolute atomic E-state index is 13.5. The second kappa shape index (κ2) is 10.7. The molecule has 1 unspecified atom stereocenters. The van der Waals surface area contributed by atoms with Crippen molar-refractivity contribution in [3.63, 3.8) is 0 Å². The third kappa shape index (κ3) is 4.62. The smallest absolute Gasteiger partial charge is 0.300 e. The number of anilines is 1. The van der Waals surface area contributed by atoms with Crippen LogP contribution in [-0.2, 0) is 9.59 Å². The molecule has 186 valence electrons. The van der Waals surface area contributed by atoms with Crippen molar-refractivity contribution < 1.29 is 28.9 Å². The van der Waals surface area contributed by atoms with Gasteiger partial charge < -0.3 is 19.3 Å². The molecule has 1 fully saturated rings. The van der Waals surface area contributed by atoms with Crippen LogP contribution in [0, 0.1) is 0 Å². The number of amides is 1. The Morgan fingerprint density at radius 3 is 2.44 bits per heavy atom. The molecule has 8 heteroatoms. The second-order valence-corrected chi connectivity index (χ2v) is 8.54. The van der Waals surface area contributed by atoms with Crippen molar-refractivity contribution in [1.29, 1.82) is 0 Å². The van der Waals surface area contributed by atoms with E-state index in [1.807, 2.05) is 6.92 Å². The molecule has 1 aliphatic rings. The minimum Gasteiger partial charge on any atom is -0.507 e. The first-order valence-corrected chi connectivity index (χ1v) is 11.8. The number of ketones is 1. The van der Waals surface area contributed by atoms with Crippen molar-refractivity contribution >= 4 is 34.7 Å². The van der Waals surface area contributed by atoms with Crippen LogP contribution < -0.4 is 19.1 Å². The lowest BCUT2D eigenvalue weighted by atomic mass is 9.94. The molecule has 1 N–H and O–H groups in total. The fourth-order valence-corrected chi connectivity index (χ4v) is 4.41. The Labute approximate surface area is 214 Å².